The standard InChI is InChI=1S/C9H15Br/c1-2-3-4-5-6-7-8-9-10/h3-6H,2,7-9H2,1H3/b4-3+,6-5+. The molecule has 0 atom stereocenters. The summed E-state index contributed by atoms with van der Waals surface area (Å²) >= 11 is 3.38. The predicted octanol–water partition coefficient (Wildman–Crippen LogP) is 3.68. The van der Waals surface area contributed by atoms with Gasteiger partial charge < -0.3 is 0 Å². The van der Waals surface area contributed by atoms with Crippen molar-refractivity contribution in [3.05, 3.63) is 24.3 Å². The maximum atomic E-state index is 3.38. The van der Waals surface area contributed by atoms with Crippen LogP contribution in [0.3, 0.4) is 0 Å². The number of hydrogen-bond acceptors (Lipinski definition) is 0. The van der Waals surface area contributed by atoms with E-state index >= 15 is 0 Å². The zero-order valence-electron chi connectivity index (χ0n) is 6.52. The zero-order chi connectivity index (χ0) is 7.66. The van der Waals surface area contributed by atoms with Crippen LogP contribution in [0.15, 0.2) is 24.3 Å². The molecule has 58 valence electrons. The lowest BCUT2D eigenvalue weighted by Gasteiger charge is -1.84. The normalized spacial score (nSPS) is 11.8. The molecule has 0 spiro atoms. The summed E-state index contributed by atoms with van der Waals surface area (Å²) in [5.74, 6) is 0. The maximum absolute atomic E-state index is 3.38. The molecule has 0 heterocycles. The molecule has 0 aliphatic heterocycles. The van der Waals surface area contributed by atoms with E-state index in [4.69, 9.17) is 0 Å². The lowest BCUT2D eigenvalue weighted by atomic mass is 10.3. The molecule has 0 saturated carbocycles. The third-order valence-corrected chi connectivity index (χ3v) is 1.68. The van der Waals surface area contributed by atoms with Crippen LogP contribution in [-0.4, -0.2) is 5.33 Å². The minimum Gasteiger partial charge on any atom is -0.0928 e. The van der Waals surface area contributed by atoms with Crippen LogP contribution in [0, 0.1) is 0 Å². The summed E-state index contributed by atoms with van der Waals surface area (Å²) in [6.45, 7) is 2.14. The molecule has 1 heteroatoms. The second-order valence-corrected chi connectivity index (χ2v) is 2.89. The molecule has 0 aromatic heterocycles. The Balaban J connectivity index is 3.11. The molecule has 0 rings (SSSR count). The third kappa shape index (κ3) is 7.96. The molecular formula is C9H15Br. The van der Waals surface area contributed by atoms with Gasteiger partial charge in [-0.05, 0) is 19.3 Å². The first-order chi connectivity index (χ1) is 4.91. The Kier molecular flexibility index (Phi) is 8.92. The van der Waals surface area contributed by atoms with Crippen LogP contribution >= 0.6 is 15.9 Å². The number of alkyl halides is 1. The van der Waals surface area contributed by atoms with Gasteiger partial charge in [0.1, 0.15) is 0 Å². The van der Waals surface area contributed by atoms with Crippen molar-refractivity contribution < 1.29 is 0 Å². The number of unbranched alkanes of at least 4 members (excludes halogenated alkanes) is 1. The van der Waals surface area contributed by atoms with Gasteiger partial charge >= 0.3 is 0 Å². The fourth-order valence-corrected chi connectivity index (χ4v) is 0.908. The van der Waals surface area contributed by atoms with Crippen molar-refractivity contribution in [1.82, 2.24) is 0 Å². The number of halogens is 1. The Morgan fingerprint density at radius 2 is 1.90 bits per heavy atom. The quantitative estimate of drug-likeness (QED) is 0.363. The maximum Gasteiger partial charge on any atom is 0.00342 e. The van der Waals surface area contributed by atoms with E-state index in [1.54, 1.807) is 0 Å². The second-order valence-electron chi connectivity index (χ2n) is 2.10. The summed E-state index contributed by atoms with van der Waals surface area (Å²) < 4.78 is 0. The van der Waals surface area contributed by atoms with Gasteiger partial charge in [-0.15, -0.1) is 0 Å². The molecule has 0 saturated heterocycles. The molecule has 0 aliphatic rings. The van der Waals surface area contributed by atoms with E-state index in [0.29, 0.717) is 0 Å². The summed E-state index contributed by atoms with van der Waals surface area (Å²) in [6.07, 6.45) is 12.1. The molecule has 10 heavy (non-hydrogen) atoms. The van der Waals surface area contributed by atoms with Gasteiger partial charge in [-0.3, -0.25) is 0 Å². The summed E-state index contributed by atoms with van der Waals surface area (Å²) in [5, 5.41) is 1.11. The highest BCUT2D eigenvalue weighted by molar-refractivity contribution is 9.09. The van der Waals surface area contributed by atoms with Crippen molar-refractivity contribution in [3.8, 4) is 0 Å². The Morgan fingerprint density at radius 1 is 1.20 bits per heavy atom. The van der Waals surface area contributed by atoms with Crippen LogP contribution in [-0.2, 0) is 0 Å². The fraction of sp³-hybridized carbons (Fsp3) is 0.556. The van der Waals surface area contributed by atoms with E-state index in [-0.39, 0.29) is 0 Å². The summed E-state index contributed by atoms with van der Waals surface area (Å²) in [5.41, 5.74) is 0. The van der Waals surface area contributed by atoms with Crippen LogP contribution in [0.2, 0.25) is 0 Å². The van der Waals surface area contributed by atoms with Crippen LogP contribution in [0.25, 0.3) is 0 Å². The first-order valence-electron chi connectivity index (χ1n) is 3.79. The van der Waals surface area contributed by atoms with Crippen molar-refractivity contribution in [2.45, 2.75) is 26.2 Å². The van der Waals surface area contributed by atoms with Crippen molar-refractivity contribution in [1.29, 1.82) is 0 Å². The van der Waals surface area contributed by atoms with Gasteiger partial charge in [0.2, 0.25) is 0 Å². The van der Waals surface area contributed by atoms with Gasteiger partial charge in [-0.25, -0.2) is 0 Å². The third-order valence-electron chi connectivity index (χ3n) is 1.12. The Morgan fingerprint density at radius 3 is 2.50 bits per heavy atom. The number of hydrogen-bond donors (Lipinski definition) is 0. The van der Waals surface area contributed by atoms with Crippen molar-refractivity contribution >= 4 is 15.9 Å². The summed E-state index contributed by atoms with van der Waals surface area (Å²) in [6, 6.07) is 0. The predicted molar refractivity (Wildman–Crippen MR) is 51.6 cm³/mol. The average Bonchev–Trinajstić information content (AvgIpc) is 1.97. The molecule has 0 amide bonds. The van der Waals surface area contributed by atoms with Gasteiger partial charge in [0.15, 0.2) is 0 Å². The van der Waals surface area contributed by atoms with Crippen molar-refractivity contribution in [2.24, 2.45) is 0 Å². The Labute approximate surface area is 72.1 Å². The van der Waals surface area contributed by atoms with Crippen LogP contribution < -0.4 is 0 Å². The first-order valence-corrected chi connectivity index (χ1v) is 4.91. The lowest BCUT2D eigenvalue weighted by molar-refractivity contribution is 0.979. The Hall–Kier alpha value is -0.0400. The minimum absolute atomic E-state index is 1.11. The molecule has 0 N–H and O–H groups in total. The molecule has 0 radical (unpaired) electrons. The molecule has 0 bridgehead atoms. The summed E-state index contributed by atoms with van der Waals surface area (Å²) in [7, 11) is 0. The summed E-state index contributed by atoms with van der Waals surface area (Å²) in [4.78, 5) is 0. The topological polar surface area (TPSA) is 0 Å². The minimum atomic E-state index is 1.11. The monoisotopic (exact) mass is 202 g/mol. The average molecular weight is 203 g/mol. The zero-order valence-corrected chi connectivity index (χ0v) is 8.10. The molecule has 0 aromatic rings. The molecule has 0 aliphatic carbocycles. The molecule has 0 aromatic carbocycles. The van der Waals surface area contributed by atoms with Gasteiger partial charge in [0.25, 0.3) is 0 Å². The van der Waals surface area contributed by atoms with E-state index in [9.17, 15) is 0 Å². The highest BCUT2D eigenvalue weighted by Gasteiger charge is 1.75. The molecule has 0 nitrogen and oxygen atoms in total. The van der Waals surface area contributed by atoms with E-state index < -0.39 is 0 Å². The van der Waals surface area contributed by atoms with Crippen LogP contribution in [0.4, 0.5) is 0 Å². The van der Waals surface area contributed by atoms with Gasteiger partial charge in [0.05, 0.1) is 0 Å². The molecule has 0 unspecified atom stereocenters. The second kappa shape index (κ2) is 8.96. The number of allylic oxidation sites excluding steroid dienone is 4. The highest BCUT2D eigenvalue weighted by atomic mass is 79.9. The van der Waals surface area contributed by atoms with Crippen molar-refractivity contribution in [2.75, 3.05) is 5.33 Å². The van der Waals surface area contributed by atoms with Crippen molar-refractivity contribution in [3.63, 3.8) is 0 Å². The largest absolute Gasteiger partial charge is 0.0928 e. The smallest absolute Gasteiger partial charge is 0.00342 e. The Bertz CT molecular complexity index is 103. The van der Waals surface area contributed by atoms with E-state index in [1.807, 2.05) is 0 Å². The molecule has 0 fully saturated rings. The first kappa shape index (κ1) is 9.96. The highest BCUT2D eigenvalue weighted by Crippen LogP contribution is 1.95. The van der Waals surface area contributed by atoms with Gasteiger partial charge in [-0.1, -0.05) is 47.2 Å². The van der Waals surface area contributed by atoms with Crippen LogP contribution in [0.1, 0.15) is 26.2 Å². The van der Waals surface area contributed by atoms with Crippen LogP contribution in [0.5, 0.6) is 0 Å². The molecular weight excluding hydrogens is 188 g/mol. The van der Waals surface area contributed by atoms with E-state index in [1.165, 1.54) is 12.8 Å². The SMILES string of the molecule is CC/C=C/C=C/CCCBr. The van der Waals surface area contributed by atoms with Gasteiger partial charge in [-0.2, -0.15) is 0 Å². The fourth-order valence-electron chi connectivity index (χ4n) is 0.584. The van der Waals surface area contributed by atoms with E-state index in [0.717, 1.165) is 11.8 Å². The van der Waals surface area contributed by atoms with Gasteiger partial charge in [0, 0.05) is 5.33 Å². The van der Waals surface area contributed by atoms with E-state index in [2.05, 4.69) is 47.2 Å². The number of rotatable bonds is 5. The lowest BCUT2D eigenvalue weighted by Crippen LogP contribution is -1.68.